The maximum absolute atomic E-state index is 13.2. The number of halogens is 1. The van der Waals surface area contributed by atoms with E-state index in [1.165, 1.54) is 12.1 Å². The van der Waals surface area contributed by atoms with Crippen LogP contribution >= 0.6 is 0 Å². The Morgan fingerprint density at radius 3 is 2.59 bits per heavy atom. The van der Waals surface area contributed by atoms with Gasteiger partial charge in [0.25, 0.3) is 0 Å². The molecular formula is C13H20FNO2. The number of methoxy groups -OCH3 is 1. The quantitative estimate of drug-likeness (QED) is 0.832. The summed E-state index contributed by atoms with van der Waals surface area (Å²) < 4.78 is 23.9. The molecule has 3 nitrogen and oxygen atoms in total. The first-order valence-corrected chi connectivity index (χ1v) is 5.64. The third-order valence-corrected chi connectivity index (χ3v) is 2.69. The van der Waals surface area contributed by atoms with Crippen molar-refractivity contribution in [3.8, 4) is 5.75 Å². The largest absolute Gasteiger partial charge is 0.493 e. The Labute approximate surface area is 102 Å². The third kappa shape index (κ3) is 4.71. The van der Waals surface area contributed by atoms with Gasteiger partial charge in [-0.05, 0) is 31.5 Å². The molecule has 0 radical (unpaired) electrons. The minimum absolute atomic E-state index is 0.232. The van der Waals surface area contributed by atoms with Crippen LogP contribution in [0.1, 0.15) is 25.8 Å². The van der Waals surface area contributed by atoms with Crippen LogP contribution in [0.2, 0.25) is 0 Å². The molecule has 0 saturated heterocycles. The van der Waals surface area contributed by atoms with E-state index in [0.717, 1.165) is 12.0 Å². The van der Waals surface area contributed by atoms with Crippen molar-refractivity contribution in [2.45, 2.75) is 32.4 Å². The van der Waals surface area contributed by atoms with Crippen molar-refractivity contribution >= 4 is 0 Å². The predicted octanol–water partition coefficient (Wildman–Crippen LogP) is 2.48. The monoisotopic (exact) mass is 241 g/mol. The zero-order valence-electron chi connectivity index (χ0n) is 10.6. The molecule has 1 aromatic carbocycles. The summed E-state index contributed by atoms with van der Waals surface area (Å²) >= 11 is 0. The lowest BCUT2D eigenvalue weighted by atomic mass is 10.1. The summed E-state index contributed by atoms with van der Waals surface area (Å²) in [5.74, 6) is 0.186. The van der Waals surface area contributed by atoms with E-state index in [0.29, 0.717) is 18.9 Å². The van der Waals surface area contributed by atoms with Crippen LogP contribution in [0.4, 0.5) is 4.39 Å². The molecule has 2 N–H and O–H groups in total. The molecule has 0 heterocycles. The first kappa shape index (κ1) is 13.9. The molecule has 0 aliphatic rings. The molecule has 0 spiro atoms. The molecule has 0 aliphatic carbocycles. The van der Waals surface area contributed by atoms with Crippen LogP contribution in [-0.2, 0) is 11.3 Å². The predicted molar refractivity (Wildman–Crippen MR) is 65.5 cm³/mol. The molecule has 96 valence electrons. The second-order valence-electron chi connectivity index (χ2n) is 4.56. The van der Waals surface area contributed by atoms with E-state index in [1.807, 2.05) is 13.8 Å². The third-order valence-electron chi connectivity index (χ3n) is 2.69. The fourth-order valence-electron chi connectivity index (χ4n) is 1.34. The summed E-state index contributed by atoms with van der Waals surface area (Å²) in [5.41, 5.74) is 5.96. The van der Waals surface area contributed by atoms with Crippen LogP contribution < -0.4 is 10.5 Å². The molecule has 0 bridgehead atoms. The normalized spacial score (nSPS) is 11.6. The number of rotatable bonds is 6. The lowest BCUT2D eigenvalue weighted by Crippen LogP contribution is -2.25. The van der Waals surface area contributed by atoms with E-state index in [2.05, 4.69) is 0 Å². The Hall–Kier alpha value is -1.13. The van der Waals surface area contributed by atoms with Gasteiger partial charge in [-0.15, -0.1) is 0 Å². The molecular weight excluding hydrogens is 221 g/mol. The molecule has 0 fully saturated rings. The minimum Gasteiger partial charge on any atom is -0.493 e. The molecule has 17 heavy (non-hydrogen) atoms. The summed E-state index contributed by atoms with van der Waals surface area (Å²) in [7, 11) is 1.66. The van der Waals surface area contributed by atoms with E-state index in [1.54, 1.807) is 13.2 Å². The zero-order valence-corrected chi connectivity index (χ0v) is 10.6. The Morgan fingerprint density at radius 2 is 2.00 bits per heavy atom. The van der Waals surface area contributed by atoms with Gasteiger partial charge in [0.1, 0.15) is 11.6 Å². The molecule has 0 amide bonds. The van der Waals surface area contributed by atoms with Gasteiger partial charge in [-0.25, -0.2) is 4.39 Å². The van der Waals surface area contributed by atoms with Crippen LogP contribution in [0.3, 0.4) is 0 Å². The smallest absolute Gasteiger partial charge is 0.127 e. The van der Waals surface area contributed by atoms with Gasteiger partial charge in [-0.1, -0.05) is 0 Å². The zero-order chi connectivity index (χ0) is 12.9. The molecule has 0 aromatic heterocycles. The van der Waals surface area contributed by atoms with Gasteiger partial charge < -0.3 is 15.2 Å². The molecule has 0 unspecified atom stereocenters. The summed E-state index contributed by atoms with van der Waals surface area (Å²) in [6.45, 7) is 4.74. The van der Waals surface area contributed by atoms with Gasteiger partial charge >= 0.3 is 0 Å². The average molecular weight is 241 g/mol. The van der Waals surface area contributed by atoms with Crippen molar-refractivity contribution in [3.63, 3.8) is 0 Å². The Kier molecular flexibility index (Phi) is 4.90. The SMILES string of the molecule is COC(C)(C)CCOc1cc(F)cc(CN)c1. The van der Waals surface area contributed by atoms with Crippen molar-refractivity contribution in [3.05, 3.63) is 29.6 Å². The number of benzene rings is 1. The highest BCUT2D eigenvalue weighted by Crippen LogP contribution is 2.18. The highest BCUT2D eigenvalue weighted by Gasteiger charge is 2.16. The minimum atomic E-state index is -0.325. The summed E-state index contributed by atoms with van der Waals surface area (Å²) in [6.07, 6.45) is 0.734. The summed E-state index contributed by atoms with van der Waals surface area (Å²) in [4.78, 5) is 0. The Morgan fingerprint density at radius 1 is 1.29 bits per heavy atom. The van der Waals surface area contributed by atoms with Gasteiger partial charge in [-0.2, -0.15) is 0 Å². The van der Waals surface area contributed by atoms with Gasteiger partial charge in [0.05, 0.1) is 12.2 Å². The number of ether oxygens (including phenoxy) is 2. The van der Waals surface area contributed by atoms with Crippen LogP contribution in [0.15, 0.2) is 18.2 Å². The number of hydrogen-bond acceptors (Lipinski definition) is 3. The lowest BCUT2D eigenvalue weighted by Gasteiger charge is -2.22. The first-order valence-electron chi connectivity index (χ1n) is 5.64. The second-order valence-corrected chi connectivity index (χ2v) is 4.56. The van der Waals surface area contributed by atoms with E-state index < -0.39 is 0 Å². The fourth-order valence-corrected chi connectivity index (χ4v) is 1.34. The van der Waals surface area contributed by atoms with E-state index in [4.69, 9.17) is 15.2 Å². The Bertz CT molecular complexity index is 366. The molecule has 0 saturated carbocycles. The average Bonchev–Trinajstić information content (AvgIpc) is 2.28. The number of nitrogens with two attached hydrogens (primary N) is 1. The van der Waals surface area contributed by atoms with Crippen molar-refractivity contribution in [1.29, 1.82) is 0 Å². The van der Waals surface area contributed by atoms with Crippen molar-refractivity contribution < 1.29 is 13.9 Å². The highest BCUT2D eigenvalue weighted by atomic mass is 19.1. The van der Waals surface area contributed by atoms with Crippen molar-refractivity contribution in [2.24, 2.45) is 5.73 Å². The van der Waals surface area contributed by atoms with Crippen molar-refractivity contribution in [2.75, 3.05) is 13.7 Å². The van der Waals surface area contributed by atoms with Gasteiger partial charge in [-0.3, -0.25) is 0 Å². The van der Waals surface area contributed by atoms with Gasteiger partial charge in [0, 0.05) is 26.1 Å². The molecule has 0 aliphatic heterocycles. The fraction of sp³-hybridized carbons (Fsp3) is 0.538. The molecule has 1 aromatic rings. The van der Waals surface area contributed by atoms with E-state index in [-0.39, 0.29) is 11.4 Å². The van der Waals surface area contributed by atoms with Crippen LogP contribution in [0.25, 0.3) is 0 Å². The molecule has 4 heteroatoms. The second kappa shape index (κ2) is 5.98. The van der Waals surface area contributed by atoms with E-state index >= 15 is 0 Å². The summed E-state index contributed by atoms with van der Waals surface area (Å²) in [5, 5.41) is 0. The topological polar surface area (TPSA) is 44.5 Å². The molecule has 0 atom stereocenters. The van der Waals surface area contributed by atoms with Gasteiger partial charge in [0.2, 0.25) is 0 Å². The lowest BCUT2D eigenvalue weighted by molar-refractivity contribution is 0.00543. The Balaban J connectivity index is 2.55. The van der Waals surface area contributed by atoms with Crippen LogP contribution in [0.5, 0.6) is 5.75 Å². The van der Waals surface area contributed by atoms with E-state index in [9.17, 15) is 4.39 Å². The highest BCUT2D eigenvalue weighted by molar-refractivity contribution is 5.29. The first-order chi connectivity index (χ1) is 7.96. The van der Waals surface area contributed by atoms with Crippen LogP contribution in [0, 0.1) is 5.82 Å². The van der Waals surface area contributed by atoms with Gasteiger partial charge in [0.15, 0.2) is 0 Å². The molecule has 1 rings (SSSR count). The van der Waals surface area contributed by atoms with Crippen LogP contribution in [-0.4, -0.2) is 19.3 Å². The summed E-state index contributed by atoms with van der Waals surface area (Å²) in [6, 6.07) is 4.52. The van der Waals surface area contributed by atoms with Crippen molar-refractivity contribution in [1.82, 2.24) is 0 Å². The standard InChI is InChI=1S/C13H20FNO2/c1-13(2,16-3)4-5-17-12-7-10(9-15)6-11(14)8-12/h6-8H,4-5,9,15H2,1-3H3. The maximum atomic E-state index is 13.2. The maximum Gasteiger partial charge on any atom is 0.127 e. The number of hydrogen-bond donors (Lipinski definition) is 1.